The number of carbonyl (C=O) groups is 1. The van der Waals surface area contributed by atoms with Gasteiger partial charge in [-0.1, -0.05) is 12.1 Å². The second-order valence-corrected chi connectivity index (χ2v) is 11.2. The van der Waals surface area contributed by atoms with Crippen molar-refractivity contribution in [3.8, 4) is 5.75 Å². The van der Waals surface area contributed by atoms with Crippen molar-refractivity contribution >= 4 is 21.6 Å². The van der Waals surface area contributed by atoms with Crippen molar-refractivity contribution in [2.24, 2.45) is 0 Å². The topological polar surface area (TPSA) is 96.8 Å². The summed E-state index contributed by atoms with van der Waals surface area (Å²) in [6.45, 7) is 6.71. The average molecular weight is 476 g/mol. The highest BCUT2D eigenvalue weighted by molar-refractivity contribution is 7.91. The van der Waals surface area contributed by atoms with Gasteiger partial charge in [0.25, 0.3) is 0 Å². The molecule has 1 amide bonds. The molecule has 10 heteroatoms. The van der Waals surface area contributed by atoms with Crippen LogP contribution in [0.5, 0.6) is 5.75 Å². The fourth-order valence-electron chi connectivity index (χ4n) is 4.49. The molecule has 2 fully saturated rings. The second-order valence-electron chi connectivity index (χ2n) is 8.94. The van der Waals surface area contributed by atoms with E-state index < -0.39 is 9.84 Å². The first-order valence-corrected chi connectivity index (χ1v) is 13.3. The number of piperazine rings is 1. The molecule has 0 saturated carbocycles. The second kappa shape index (κ2) is 10.2. The van der Waals surface area contributed by atoms with Gasteiger partial charge in [0.15, 0.2) is 9.84 Å². The van der Waals surface area contributed by atoms with Crippen molar-refractivity contribution in [1.29, 1.82) is 0 Å². The Morgan fingerprint density at radius 1 is 1.15 bits per heavy atom. The fraction of sp³-hybridized carbons (Fsp3) is 0.565. The van der Waals surface area contributed by atoms with Crippen LogP contribution in [0, 0.1) is 6.92 Å². The molecule has 0 spiro atoms. The van der Waals surface area contributed by atoms with Crippen LogP contribution < -0.4 is 10.1 Å². The van der Waals surface area contributed by atoms with E-state index in [-0.39, 0.29) is 23.5 Å². The average Bonchev–Trinajstić information content (AvgIpc) is 3.34. The SMILES string of the molecule is COc1ccc(CCN2CCN(CC(=O)Nc3cc(C)nn3C3CCS(=O)(=O)C3)CC2)cc1. The number of carbonyl (C=O) groups excluding carboxylic acids is 1. The van der Waals surface area contributed by atoms with Crippen LogP contribution in [0.4, 0.5) is 5.82 Å². The van der Waals surface area contributed by atoms with E-state index in [9.17, 15) is 13.2 Å². The van der Waals surface area contributed by atoms with E-state index in [4.69, 9.17) is 4.74 Å². The molecule has 180 valence electrons. The lowest BCUT2D eigenvalue weighted by Crippen LogP contribution is -2.49. The molecule has 1 aromatic carbocycles. The molecule has 1 aromatic heterocycles. The molecule has 33 heavy (non-hydrogen) atoms. The predicted molar refractivity (Wildman–Crippen MR) is 127 cm³/mol. The normalized spacial score (nSPS) is 21.2. The Balaban J connectivity index is 1.23. The third-order valence-corrected chi connectivity index (χ3v) is 8.14. The number of amides is 1. The van der Waals surface area contributed by atoms with E-state index in [1.807, 2.05) is 19.1 Å². The van der Waals surface area contributed by atoms with E-state index in [0.717, 1.165) is 50.6 Å². The first kappa shape index (κ1) is 23.7. The van der Waals surface area contributed by atoms with Crippen LogP contribution in [-0.4, -0.2) is 91.8 Å². The summed E-state index contributed by atoms with van der Waals surface area (Å²) in [5.74, 6) is 1.61. The third kappa shape index (κ3) is 6.33. The molecule has 2 aliphatic heterocycles. The molecule has 3 heterocycles. The number of aryl methyl sites for hydroxylation is 1. The maximum Gasteiger partial charge on any atom is 0.239 e. The molecule has 2 aliphatic rings. The smallest absolute Gasteiger partial charge is 0.239 e. The standard InChI is InChI=1S/C23H33N5O4S/c1-18-15-22(28(25-18)20-8-14-33(30,31)17-20)24-23(29)16-27-12-10-26(11-13-27)9-7-19-3-5-21(32-2)6-4-19/h3-6,15,20H,7-14,16-17H2,1-2H3,(H,24,29). The van der Waals surface area contributed by atoms with Crippen molar-refractivity contribution in [3.63, 3.8) is 0 Å². The number of nitrogens with zero attached hydrogens (tertiary/aromatic N) is 4. The molecule has 1 unspecified atom stereocenters. The first-order valence-electron chi connectivity index (χ1n) is 11.5. The van der Waals surface area contributed by atoms with Gasteiger partial charge in [-0.05, 0) is 37.5 Å². The zero-order valence-corrected chi connectivity index (χ0v) is 20.2. The minimum absolute atomic E-state index is 0.0788. The number of aromatic nitrogens is 2. The zero-order valence-electron chi connectivity index (χ0n) is 19.4. The van der Waals surface area contributed by atoms with Gasteiger partial charge in [0.2, 0.25) is 5.91 Å². The van der Waals surface area contributed by atoms with Crippen molar-refractivity contribution < 1.29 is 17.9 Å². The molecule has 1 atom stereocenters. The minimum Gasteiger partial charge on any atom is -0.497 e. The van der Waals surface area contributed by atoms with Crippen LogP contribution in [0.15, 0.2) is 30.3 Å². The molecule has 0 radical (unpaired) electrons. The highest BCUT2D eigenvalue weighted by Crippen LogP contribution is 2.27. The summed E-state index contributed by atoms with van der Waals surface area (Å²) in [5.41, 5.74) is 2.06. The molecule has 2 saturated heterocycles. The number of methoxy groups -OCH3 is 1. The van der Waals surface area contributed by atoms with Crippen LogP contribution in [-0.2, 0) is 21.1 Å². The van der Waals surface area contributed by atoms with Gasteiger partial charge < -0.3 is 15.0 Å². The van der Waals surface area contributed by atoms with Gasteiger partial charge in [-0.2, -0.15) is 5.10 Å². The molecule has 4 rings (SSSR count). The molecule has 1 N–H and O–H groups in total. The Morgan fingerprint density at radius 3 is 2.48 bits per heavy atom. The van der Waals surface area contributed by atoms with Crippen LogP contribution >= 0.6 is 0 Å². The van der Waals surface area contributed by atoms with Crippen molar-refractivity contribution in [1.82, 2.24) is 19.6 Å². The van der Waals surface area contributed by atoms with Crippen molar-refractivity contribution in [3.05, 3.63) is 41.6 Å². The van der Waals surface area contributed by atoms with Gasteiger partial charge in [-0.15, -0.1) is 0 Å². The van der Waals surface area contributed by atoms with E-state index >= 15 is 0 Å². The van der Waals surface area contributed by atoms with E-state index in [1.54, 1.807) is 17.9 Å². The first-order chi connectivity index (χ1) is 15.8. The van der Waals surface area contributed by atoms with Crippen molar-refractivity contribution in [2.45, 2.75) is 25.8 Å². The van der Waals surface area contributed by atoms with Gasteiger partial charge in [-0.25, -0.2) is 13.1 Å². The summed E-state index contributed by atoms with van der Waals surface area (Å²) in [6, 6.07) is 9.78. The zero-order chi connectivity index (χ0) is 23.4. The van der Waals surface area contributed by atoms with Gasteiger partial charge in [-0.3, -0.25) is 9.69 Å². The number of anilines is 1. The lowest BCUT2D eigenvalue weighted by atomic mass is 10.1. The van der Waals surface area contributed by atoms with Gasteiger partial charge in [0.05, 0.1) is 36.9 Å². The molecule has 0 aliphatic carbocycles. The van der Waals surface area contributed by atoms with E-state index in [1.165, 1.54) is 5.56 Å². The highest BCUT2D eigenvalue weighted by Gasteiger charge is 2.31. The highest BCUT2D eigenvalue weighted by atomic mass is 32.2. The Kier molecular flexibility index (Phi) is 7.35. The van der Waals surface area contributed by atoms with Gasteiger partial charge >= 0.3 is 0 Å². The fourth-order valence-corrected chi connectivity index (χ4v) is 6.18. The number of nitrogens with one attached hydrogen (secondary N) is 1. The minimum atomic E-state index is -3.03. The Morgan fingerprint density at radius 2 is 1.85 bits per heavy atom. The van der Waals surface area contributed by atoms with Crippen LogP contribution in [0.2, 0.25) is 0 Å². The molecule has 9 nitrogen and oxygen atoms in total. The summed E-state index contributed by atoms with van der Waals surface area (Å²) in [4.78, 5) is 17.3. The summed E-state index contributed by atoms with van der Waals surface area (Å²) in [5, 5.41) is 7.38. The van der Waals surface area contributed by atoms with E-state index in [0.29, 0.717) is 18.8 Å². The monoisotopic (exact) mass is 475 g/mol. The van der Waals surface area contributed by atoms with Gasteiger partial charge in [0, 0.05) is 38.8 Å². The van der Waals surface area contributed by atoms with Crippen molar-refractivity contribution in [2.75, 3.05) is 63.2 Å². The molecular weight excluding hydrogens is 442 g/mol. The summed E-state index contributed by atoms with van der Waals surface area (Å²) < 4.78 is 30.6. The Labute approximate surface area is 195 Å². The van der Waals surface area contributed by atoms with Crippen LogP contribution in [0.25, 0.3) is 0 Å². The number of rotatable bonds is 8. The summed E-state index contributed by atoms with van der Waals surface area (Å²) >= 11 is 0. The van der Waals surface area contributed by atoms with E-state index in [2.05, 4.69) is 32.3 Å². The predicted octanol–water partition coefficient (Wildman–Crippen LogP) is 1.36. The number of benzene rings is 1. The Hall–Kier alpha value is -2.43. The number of ether oxygens (including phenoxy) is 1. The molecule has 0 bridgehead atoms. The largest absolute Gasteiger partial charge is 0.497 e. The maximum atomic E-state index is 12.7. The lowest BCUT2D eigenvalue weighted by molar-refractivity contribution is -0.117. The number of hydrogen-bond acceptors (Lipinski definition) is 7. The van der Waals surface area contributed by atoms with Gasteiger partial charge in [0.1, 0.15) is 11.6 Å². The number of sulfone groups is 1. The summed E-state index contributed by atoms with van der Waals surface area (Å²) in [7, 11) is -1.35. The molecule has 2 aromatic rings. The maximum absolute atomic E-state index is 12.7. The third-order valence-electron chi connectivity index (χ3n) is 6.39. The molecular formula is C23H33N5O4S. The number of hydrogen-bond donors (Lipinski definition) is 1. The quantitative estimate of drug-likeness (QED) is 0.616. The Bertz CT molecular complexity index is 1060. The lowest BCUT2D eigenvalue weighted by Gasteiger charge is -2.34. The van der Waals surface area contributed by atoms with Crippen LogP contribution in [0.1, 0.15) is 23.7 Å². The van der Waals surface area contributed by atoms with Crippen LogP contribution in [0.3, 0.4) is 0 Å². The summed E-state index contributed by atoms with van der Waals surface area (Å²) in [6.07, 6.45) is 1.52.